The third-order valence-electron chi connectivity index (χ3n) is 6.25. The zero-order chi connectivity index (χ0) is 23.5. The summed E-state index contributed by atoms with van der Waals surface area (Å²) in [4.78, 5) is 24.9. The third-order valence-corrected chi connectivity index (χ3v) is 6.49. The van der Waals surface area contributed by atoms with Crippen molar-refractivity contribution in [1.82, 2.24) is 15.0 Å². The molecule has 2 aromatic heterocycles. The topological polar surface area (TPSA) is 68.6 Å². The average molecular weight is 479 g/mol. The zero-order valence-electron chi connectivity index (χ0n) is 19.0. The van der Waals surface area contributed by atoms with E-state index in [0.29, 0.717) is 24.7 Å². The molecule has 3 aromatic rings. The quantitative estimate of drug-likeness (QED) is 0.526. The Bertz CT molecular complexity index is 1270. The van der Waals surface area contributed by atoms with E-state index < -0.39 is 0 Å². The SMILES string of the molecule is CONCC1CN(c2cnc3c(c2)C(c2ccn(Cc4cccc(Cl)c4)c(=O)c2)=CC3)CCO1. The van der Waals surface area contributed by atoms with E-state index in [4.69, 9.17) is 26.2 Å². The first-order valence-electron chi connectivity index (χ1n) is 11.4. The fourth-order valence-electron chi connectivity index (χ4n) is 4.52. The van der Waals surface area contributed by atoms with E-state index in [2.05, 4.69) is 22.5 Å². The third kappa shape index (κ3) is 4.93. The molecule has 7 nitrogen and oxygen atoms in total. The molecule has 176 valence electrons. The van der Waals surface area contributed by atoms with E-state index in [1.165, 1.54) is 0 Å². The van der Waals surface area contributed by atoms with Gasteiger partial charge in [-0.1, -0.05) is 29.8 Å². The number of rotatable bonds is 7. The highest BCUT2D eigenvalue weighted by molar-refractivity contribution is 6.30. The first-order valence-corrected chi connectivity index (χ1v) is 11.8. The van der Waals surface area contributed by atoms with Crippen molar-refractivity contribution in [3.63, 3.8) is 0 Å². The van der Waals surface area contributed by atoms with Crippen molar-refractivity contribution < 1.29 is 9.57 Å². The fraction of sp³-hybridized carbons (Fsp3) is 0.308. The van der Waals surface area contributed by atoms with Crippen molar-refractivity contribution >= 4 is 22.9 Å². The number of allylic oxidation sites excluding steroid dienone is 1. The van der Waals surface area contributed by atoms with Gasteiger partial charge >= 0.3 is 0 Å². The molecular formula is C26H27ClN4O3. The lowest BCUT2D eigenvalue weighted by atomic mass is 10.0. The van der Waals surface area contributed by atoms with Crippen LogP contribution in [-0.2, 0) is 22.5 Å². The van der Waals surface area contributed by atoms with Crippen LogP contribution in [0, 0.1) is 0 Å². The Hall–Kier alpha value is -2.97. The summed E-state index contributed by atoms with van der Waals surface area (Å²) in [6.07, 6.45) is 6.75. The fourth-order valence-corrected chi connectivity index (χ4v) is 4.74. The van der Waals surface area contributed by atoms with Crippen molar-refractivity contribution in [2.75, 3.05) is 38.3 Å². The van der Waals surface area contributed by atoms with E-state index in [-0.39, 0.29) is 11.7 Å². The van der Waals surface area contributed by atoms with Gasteiger partial charge in [-0.15, -0.1) is 0 Å². The molecule has 0 saturated carbocycles. The summed E-state index contributed by atoms with van der Waals surface area (Å²) in [5.41, 5.74) is 8.97. The first kappa shape index (κ1) is 22.8. The molecule has 1 N–H and O–H groups in total. The predicted molar refractivity (Wildman–Crippen MR) is 133 cm³/mol. The molecule has 1 fully saturated rings. The normalized spacial score (nSPS) is 17.5. The van der Waals surface area contributed by atoms with Gasteiger partial charge in [0.2, 0.25) is 0 Å². The number of ether oxygens (including phenoxy) is 1. The molecule has 2 aliphatic rings. The summed E-state index contributed by atoms with van der Waals surface area (Å²) in [5, 5.41) is 0.666. The van der Waals surface area contributed by atoms with Gasteiger partial charge in [-0.2, -0.15) is 0 Å². The molecule has 5 rings (SSSR count). The number of hydrogen-bond acceptors (Lipinski definition) is 6. The molecule has 1 aliphatic heterocycles. The van der Waals surface area contributed by atoms with Crippen molar-refractivity contribution in [2.45, 2.75) is 19.1 Å². The average Bonchev–Trinajstić information content (AvgIpc) is 3.27. The Morgan fingerprint density at radius 1 is 1.26 bits per heavy atom. The number of anilines is 1. The Labute approximate surface area is 203 Å². The summed E-state index contributed by atoms with van der Waals surface area (Å²) >= 11 is 6.09. The molecule has 34 heavy (non-hydrogen) atoms. The summed E-state index contributed by atoms with van der Waals surface area (Å²) < 4.78 is 7.52. The largest absolute Gasteiger partial charge is 0.373 e. The number of morpholine rings is 1. The van der Waals surface area contributed by atoms with Crippen LogP contribution in [0.4, 0.5) is 5.69 Å². The minimum Gasteiger partial charge on any atom is -0.373 e. The van der Waals surface area contributed by atoms with E-state index in [1.807, 2.05) is 42.7 Å². The molecule has 0 amide bonds. The highest BCUT2D eigenvalue weighted by Crippen LogP contribution is 2.34. The summed E-state index contributed by atoms with van der Waals surface area (Å²) in [6, 6.07) is 13.5. The smallest absolute Gasteiger partial charge is 0.251 e. The van der Waals surface area contributed by atoms with Gasteiger partial charge in [0.05, 0.1) is 43.9 Å². The molecule has 1 saturated heterocycles. The van der Waals surface area contributed by atoms with Gasteiger partial charge < -0.3 is 19.0 Å². The van der Waals surface area contributed by atoms with Crippen molar-refractivity contribution in [2.24, 2.45) is 0 Å². The van der Waals surface area contributed by atoms with Gasteiger partial charge in [-0.05, 0) is 41.0 Å². The maximum atomic E-state index is 12.9. The molecule has 0 radical (unpaired) electrons. The number of hydrogen-bond donors (Lipinski definition) is 1. The molecule has 0 bridgehead atoms. The molecule has 3 heterocycles. The van der Waals surface area contributed by atoms with Crippen LogP contribution in [-0.4, -0.2) is 49.0 Å². The van der Waals surface area contributed by atoms with Crippen LogP contribution in [0.2, 0.25) is 5.02 Å². The second-order valence-electron chi connectivity index (χ2n) is 8.51. The number of nitrogens with one attached hydrogen (secondary N) is 1. The van der Waals surface area contributed by atoms with Crippen molar-refractivity contribution in [3.05, 3.63) is 98.7 Å². The molecule has 1 aliphatic carbocycles. The highest BCUT2D eigenvalue weighted by atomic mass is 35.5. The Morgan fingerprint density at radius 3 is 3.00 bits per heavy atom. The number of fused-ring (bicyclic) bond motifs is 1. The van der Waals surface area contributed by atoms with Crippen molar-refractivity contribution in [1.29, 1.82) is 0 Å². The minimum absolute atomic E-state index is 0.0439. The van der Waals surface area contributed by atoms with E-state index in [0.717, 1.165) is 53.2 Å². The second kappa shape index (κ2) is 10.1. The number of benzene rings is 1. The van der Waals surface area contributed by atoms with E-state index in [9.17, 15) is 4.79 Å². The highest BCUT2D eigenvalue weighted by Gasteiger charge is 2.24. The van der Waals surface area contributed by atoms with Crippen LogP contribution in [0.15, 0.2) is 65.7 Å². The van der Waals surface area contributed by atoms with E-state index in [1.54, 1.807) is 17.7 Å². The van der Waals surface area contributed by atoms with E-state index >= 15 is 0 Å². The Kier molecular flexibility index (Phi) is 6.78. The number of nitrogens with zero attached hydrogens (tertiary/aromatic N) is 3. The minimum atomic E-state index is -0.0439. The number of hydroxylamine groups is 1. The zero-order valence-corrected chi connectivity index (χ0v) is 19.8. The maximum absolute atomic E-state index is 12.9. The van der Waals surface area contributed by atoms with Crippen LogP contribution >= 0.6 is 11.6 Å². The number of halogens is 1. The number of pyridine rings is 2. The van der Waals surface area contributed by atoms with Crippen LogP contribution in [0.3, 0.4) is 0 Å². The van der Waals surface area contributed by atoms with Crippen LogP contribution in [0.25, 0.3) is 5.57 Å². The predicted octanol–water partition coefficient (Wildman–Crippen LogP) is 3.29. The van der Waals surface area contributed by atoms with Crippen LogP contribution in [0.1, 0.15) is 22.4 Å². The lowest BCUT2D eigenvalue weighted by Crippen LogP contribution is -2.46. The molecule has 1 aromatic carbocycles. The standard InChI is InChI=1S/C26H27ClN4O3/c1-33-29-15-22-17-30(9-10-34-22)21-13-24-23(5-6-25(24)28-14-21)19-7-8-31(26(32)12-19)16-18-3-2-4-20(27)11-18/h2-5,7-8,11-14,22,29H,6,9-10,15-17H2,1H3. The summed E-state index contributed by atoms with van der Waals surface area (Å²) in [6.45, 7) is 3.33. The first-order chi connectivity index (χ1) is 16.6. The Morgan fingerprint density at radius 2 is 2.18 bits per heavy atom. The maximum Gasteiger partial charge on any atom is 0.251 e. The lowest BCUT2D eigenvalue weighted by Gasteiger charge is -2.34. The molecular weight excluding hydrogens is 452 g/mol. The van der Waals surface area contributed by atoms with Gasteiger partial charge in [0.25, 0.3) is 5.56 Å². The summed E-state index contributed by atoms with van der Waals surface area (Å²) in [5.74, 6) is 0. The van der Waals surface area contributed by atoms with Gasteiger partial charge in [-0.3, -0.25) is 9.78 Å². The van der Waals surface area contributed by atoms with Gasteiger partial charge in [0.1, 0.15) is 0 Å². The Balaban J connectivity index is 1.36. The van der Waals surface area contributed by atoms with Crippen LogP contribution in [0.5, 0.6) is 0 Å². The second-order valence-corrected chi connectivity index (χ2v) is 8.95. The molecule has 1 atom stereocenters. The molecule has 0 spiro atoms. The molecule has 1 unspecified atom stereocenters. The van der Waals surface area contributed by atoms with Gasteiger partial charge in [0.15, 0.2) is 0 Å². The molecule has 8 heteroatoms. The van der Waals surface area contributed by atoms with Crippen LogP contribution < -0.4 is 15.9 Å². The van der Waals surface area contributed by atoms with Gasteiger partial charge in [-0.25, -0.2) is 5.48 Å². The number of aromatic nitrogens is 2. The monoisotopic (exact) mass is 478 g/mol. The summed E-state index contributed by atoms with van der Waals surface area (Å²) in [7, 11) is 1.61. The van der Waals surface area contributed by atoms with Gasteiger partial charge in [0, 0.05) is 48.9 Å². The lowest BCUT2D eigenvalue weighted by molar-refractivity contribution is -0.000316. The van der Waals surface area contributed by atoms with Crippen molar-refractivity contribution in [3.8, 4) is 0 Å².